The molecule has 26 heavy (non-hydrogen) atoms. The molecular weight excluding hydrogens is 358 g/mol. The highest BCUT2D eigenvalue weighted by molar-refractivity contribution is 7.91. The van der Waals surface area contributed by atoms with Crippen molar-refractivity contribution in [3.63, 3.8) is 0 Å². The number of hydrogen-bond donors (Lipinski definition) is 1. The third kappa shape index (κ3) is 2.67. The van der Waals surface area contributed by atoms with Crippen molar-refractivity contribution in [1.82, 2.24) is 4.90 Å². The zero-order valence-electron chi connectivity index (χ0n) is 14.3. The van der Waals surface area contributed by atoms with E-state index in [1.807, 2.05) is 24.3 Å². The van der Waals surface area contributed by atoms with Crippen LogP contribution >= 0.6 is 0 Å². The van der Waals surface area contributed by atoms with Crippen LogP contribution in [0, 0.1) is 11.3 Å². The fraction of sp³-hybridized carbons (Fsp3) is 0.556. The van der Waals surface area contributed by atoms with Gasteiger partial charge in [0.05, 0.1) is 11.5 Å². The van der Waals surface area contributed by atoms with Crippen molar-refractivity contribution in [3.05, 3.63) is 29.8 Å². The summed E-state index contributed by atoms with van der Waals surface area (Å²) in [4.78, 5) is 26.6. The second-order valence-corrected chi connectivity index (χ2v) is 9.79. The monoisotopic (exact) mass is 379 g/mol. The smallest absolute Gasteiger partial charge is 0.315 e. The van der Waals surface area contributed by atoms with Gasteiger partial charge in [0.1, 0.15) is 27.6 Å². The van der Waals surface area contributed by atoms with Crippen molar-refractivity contribution < 1.29 is 27.9 Å². The van der Waals surface area contributed by atoms with Gasteiger partial charge in [0.15, 0.2) is 0 Å². The molecule has 8 heteroatoms. The highest BCUT2D eigenvalue weighted by Gasteiger charge is 2.57. The Hall–Kier alpha value is -2.09. The van der Waals surface area contributed by atoms with Gasteiger partial charge in [-0.15, -0.1) is 0 Å². The summed E-state index contributed by atoms with van der Waals surface area (Å²) in [6.07, 6.45) is 0.630. The molecule has 7 nitrogen and oxygen atoms in total. The van der Waals surface area contributed by atoms with E-state index in [0.29, 0.717) is 25.1 Å². The minimum Gasteiger partial charge on any atom is -0.492 e. The Morgan fingerprint density at radius 3 is 2.58 bits per heavy atom. The first kappa shape index (κ1) is 17.3. The largest absolute Gasteiger partial charge is 0.492 e. The van der Waals surface area contributed by atoms with Crippen molar-refractivity contribution in [2.45, 2.75) is 18.8 Å². The number of carbonyl (C=O) groups is 2. The SMILES string of the molecule is O=C(C1CCS(=O)(=O)CC1)N1CC2c3ccccc3OC[C@]2(C(=O)O)C1. The minimum absolute atomic E-state index is 0.0245. The summed E-state index contributed by atoms with van der Waals surface area (Å²) in [5.74, 6) is -1.03. The van der Waals surface area contributed by atoms with E-state index in [2.05, 4.69) is 0 Å². The number of para-hydroxylation sites is 1. The fourth-order valence-corrected chi connectivity index (χ4v) is 5.89. The van der Waals surface area contributed by atoms with E-state index in [-0.39, 0.29) is 42.4 Å². The van der Waals surface area contributed by atoms with Crippen LogP contribution in [-0.4, -0.2) is 61.5 Å². The Morgan fingerprint density at radius 1 is 1.19 bits per heavy atom. The number of carbonyl (C=O) groups excluding carboxylic acids is 1. The Labute approximate surface area is 151 Å². The number of amides is 1. The number of nitrogens with zero attached hydrogens (tertiary/aromatic N) is 1. The quantitative estimate of drug-likeness (QED) is 0.819. The van der Waals surface area contributed by atoms with Gasteiger partial charge in [-0.1, -0.05) is 18.2 Å². The number of benzene rings is 1. The second-order valence-electron chi connectivity index (χ2n) is 7.49. The van der Waals surface area contributed by atoms with Crippen LogP contribution in [0.5, 0.6) is 5.75 Å². The lowest BCUT2D eigenvalue weighted by molar-refractivity contribution is -0.152. The van der Waals surface area contributed by atoms with Crippen LogP contribution in [0.1, 0.15) is 24.3 Å². The molecular formula is C18H21NO6S. The molecule has 140 valence electrons. The molecule has 0 aliphatic carbocycles. The van der Waals surface area contributed by atoms with Gasteiger partial charge >= 0.3 is 5.97 Å². The van der Waals surface area contributed by atoms with Crippen molar-refractivity contribution in [3.8, 4) is 5.75 Å². The van der Waals surface area contributed by atoms with Gasteiger partial charge in [0.2, 0.25) is 5.91 Å². The van der Waals surface area contributed by atoms with E-state index in [9.17, 15) is 23.1 Å². The van der Waals surface area contributed by atoms with Crippen LogP contribution in [0.4, 0.5) is 0 Å². The molecule has 0 spiro atoms. The number of likely N-dealkylation sites (tertiary alicyclic amines) is 1. The number of aliphatic carboxylic acids is 1. The van der Waals surface area contributed by atoms with E-state index in [0.717, 1.165) is 5.56 Å². The molecule has 3 aliphatic heterocycles. The number of fused-ring (bicyclic) bond motifs is 3. The Morgan fingerprint density at radius 2 is 1.88 bits per heavy atom. The zero-order valence-corrected chi connectivity index (χ0v) is 15.1. The number of rotatable bonds is 2. The summed E-state index contributed by atoms with van der Waals surface area (Å²) in [7, 11) is -3.04. The standard InChI is InChI=1S/C18H21NO6S/c20-16(12-5-7-26(23,24)8-6-12)19-9-14-13-3-1-2-4-15(13)25-11-18(14,10-19)17(21)22/h1-4,12,14H,5-11H2,(H,21,22)/t14?,18-/m1/s1. The van der Waals surface area contributed by atoms with Gasteiger partial charge in [-0.2, -0.15) is 0 Å². The predicted molar refractivity (Wildman–Crippen MR) is 92.7 cm³/mol. The number of sulfone groups is 1. The number of hydrogen-bond acceptors (Lipinski definition) is 5. The van der Waals surface area contributed by atoms with Crippen molar-refractivity contribution in [1.29, 1.82) is 0 Å². The summed E-state index contributed by atoms with van der Waals surface area (Å²) < 4.78 is 28.9. The molecule has 1 amide bonds. The van der Waals surface area contributed by atoms with Crippen LogP contribution in [0.25, 0.3) is 0 Å². The van der Waals surface area contributed by atoms with E-state index in [4.69, 9.17) is 4.74 Å². The lowest BCUT2D eigenvalue weighted by Crippen LogP contribution is -2.46. The van der Waals surface area contributed by atoms with Gasteiger partial charge in [0.25, 0.3) is 0 Å². The number of carboxylic acids is 1. The molecule has 2 saturated heterocycles. The Balaban J connectivity index is 1.60. The first-order valence-corrected chi connectivity index (χ1v) is 10.6. The number of carboxylic acid groups (broad SMARTS) is 1. The first-order chi connectivity index (χ1) is 12.3. The third-order valence-corrected chi connectivity index (χ3v) is 7.68. The summed E-state index contributed by atoms with van der Waals surface area (Å²) in [5.41, 5.74) is -0.326. The molecule has 0 aromatic heterocycles. The van der Waals surface area contributed by atoms with E-state index >= 15 is 0 Å². The molecule has 3 heterocycles. The highest BCUT2D eigenvalue weighted by Crippen LogP contribution is 2.50. The molecule has 1 unspecified atom stereocenters. The minimum atomic E-state index is -3.04. The van der Waals surface area contributed by atoms with Crippen LogP contribution in [0.3, 0.4) is 0 Å². The van der Waals surface area contributed by atoms with E-state index in [1.54, 1.807) is 4.90 Å². The summed E-state index contributed by atoms with van der Waals surface area (Å²) in [6.45, 7) is 0.463. The molecule has 0 radical (unpaired) electrons. The maximum Gasteiger partial charge on any atom is 0.315 e. The molecule has 4 rings (SSSR count). The van der Waals surface area contributed by atoms with Gasteiger partial charge in [-0.05, 0) is 18.9 Å². The fourth-order valence-electron chi connectivity index (χ4n) is 4.40. The van der Waals surface area contributed by atoms with Crippen LogP contribution in [-0.2, 0) is 19.4 Å². The van der Waals surface area contributed by atoms with Gasteiger partial charge in [-0.3, -0.25) is 9.59 Å². The molecule has 1 aromatic rings. The Kier molecular flexibility index (Phi) is 3.98. The highest BCUT2D eigenvalue weighted by atomic mass is 32.2. The normalized spacial score (nSPS) is 30.2. The molecule has 2 fully saturated rings. The summed E-state index contributed by atoms with van der Waals surface area (Å²) in [6, 6.07) is 7.36. The van der Waals surface area contributed by atoms with E-state index in [1.165, 1.54) is 0 Å². The summed E-state index contributed by atoms with van der Waals surface area (Å²) in [5, 5.41) is 9.91. The number of ether oxygens (including phenoxy) is 1. The average Bonchev–Trinajstić information content (AvgIpc) is 3.03. The maximum atomic E-state index is 12.9. The van der Waals surface area contributed by atoms with Gasteiger partial charge in [0, 0.05) is 30.5 Å². The molecule has 3 aliphatic rings. The lowest BCUT2D eigenvalue weighted by atomic mass is 9.73. The third-order valence-electron chi connectivity index (χ3n) is 5.96. The van der Waals surface area contributed by atoms with Crippen LogP contribution in [0.2, 0.25) is 0 Å². The second kappa shape index (κ2) is 5.97. The molecule has 1 N–H and O–H groups in total. The van der Waals surface area contributed by atoms with Crippen molar-refractivity contribution in [2.24, 2.45) is 11.3 Å². The molecule has 0 bridgehead atoms. The Bertz CT molecular complexity index is 852. The predicted octanol–water partition coefficient (Wildman–Crippen LogP) is 0.901. The van der Waals surface area contributed by atoms with Crippen molar-refractivity contribution >= 4 is 21.7 Å². The molecule has 2 atom stereocenters. The van der Waals surface area contributed by atoms with Crippen LogP contribution < -0.4 is 4.74 Å². The summed E-state index contributed by atoms with van der Waals surface area (Å²) >= 11 is 0. The maximum absolute atomic E-state index is 12.9. The van der Waals surface area contributed by atoms with E-state index < -0.39 is 21.2 Å². The zero-order chi connectivity index (χ0) is 18.5. The topological polar surface area (TPSA) is 101 Å². The first-order valence-electron chi connectivity index (χ1n) is 8.77. The van der Waals surface area contributed by atoms with Gasteiger partial charge in [-0.25, -0.2) is 8.42 Å². The van der Waals surface area contributed by atoms with Crippen molar-refractivity contribution in [2.75, 3.05) is 31.2 Å². The average molecular weight is 379 g/mol. The van der Waals surface area contributed by atoms with Crippen LogP contribution in [0.15, 0.2) is 24.3 Å². The van der Waals surface area contributed by atoms with Gasteiger partial charge < -0.3 is 14.7 Å². The molecule has 0 saturated carbocycles. The lowest BCUT2D eigenvalue weighted by Gasteiger charge is -2.35. The molecule has 1 aromatic carbocycles.